The van der Waals surface area contributed by atoms with Crippen molar-refractivity contribution < 1.29 is 17.9 Å². The first-order valence-corrected chi connectivity index (χ1v) is 12.5. The molecule has 0 spiro atoms. The molecule has 0 unspecified atom stereocenters. The number of nitrogens with zero attached hydrogens (tertiary/aromatic N) is 3. The standard InChI is InChI=1S/C18H23ClFN5O3S2/c1-10(12-5-6-14(19)15(20)8-12)29-18-23-16(21-13(9-26)7-11-3-4-11)22-17(24-18)25-30(2,27)28/h5-6,8,10-11,13,26H,3-4,7,9H2,1-2H3,(H2,21,22,23,24,25)/t10-,13-/m1/s1. The van der Waals surface area contributed by atoms with Crippen LogP contribution in [0.1, 0.15) is 37.0 Å². The molecule has 0 bridgehead atoms. The van der Waals surface area contributed by atoms with E-state index in [1.165, 1.54) is 23.9 Å². The van der Waals surface area contributed by atoms with Crippen molar-refractivity contribution in [1.29, 1.82) is 0 Å². The third-order valence-corrected chi connectivity index (χ3v) is 6.33. The number of aromatic nitrogens is 3. The number of hydrogen-bond acceptors (Lipinski definition) is 8. The van der Waals surface area contributed by atoms with E-state index in [9.17, 15) is 17.9 Å². The molecule has 0 aliphatic heterocycles. The highest BCUT2D eigenvalue weighted by atomic mass is 35.5. The maximum Gasteiger partial charge on any atom is 0.242 e. The average molecular weight is 476 g/mol. The van der Waals surface area contributed by atoms with Gasteiger partial charge in [0.25, 0.3) is 0 Å². The van der Waals surface area contributed by atoms with E-state index in [2.05, 4.69) is 25.0 Å². The Bertz CT molecular complexity index is 1010. The fourth-order valence-corrected chi connectivity index (χ4v) is 4.21. The summed E-state index contributed by atoms with van der Waals surface area (Å²) >= 11 is 6.96. The first kappa shape index (κ1) is 23.0. The maximum atomic E-state index is 13.8. The summed E-state index contributed by atoms with van der Waals surface area (Å²) in [7, 11) is -3.60. The van der Waals surface area contributed by atoms with Crippen LogP contribution < -0.4 is 10.0 Å². The lowest BCUT2D eigenvalue weighted by molar-refractivity contribution is 0.264. The Morgan fingerprint density at radius 3 is 2.60 bits per heavy atom. The van der Waals surface area contributed by atoms with E-state index < -0.39 is 15.8 Å². The third kappa shape index (κ3) is 6.93. The second-order valence-corrected chi connectivity index (χ2v) is 10.7. The van der Waals surface area contributed by atoms with Crippen molar-refractivity contribution in [3.63, 3.8) is 0 Å². The van der Waals surface area contributed by atoms with Crippen molar-refractivity contribution in [2.75, 3.05) is 22.9 Å². The summed E-state index contributed by atoms with van der Waals surface area (Å²) in [6, 6.07) is 4.28. The summed E-state index contributed by atoms with van der Waals surface area (Å²) in [5, 5.41) is 12.7. The number of aliphatic hydroxyl groups is 1. The van der Waals surface area contributed by atoms with Gasteiger partial charge in [0.1, 0.15) is 5.82 Å². The number of benzene rings is 1. The van der Waals surface area contributed by atoms with Gasteiger partial charge >= 0.3 is 0 Å². The highest BCUT2D eigenvalue weighted by Crippen LogP contribution is 2.36. The second-order valence-electron chi connectivity index (χ2n) is 7.28. The van der Waals surface area contributed by atoms with E-state index in [0.717, 1.165) is 25.5 Å². The Morgan fingerprint density at radius 1 is 1.30 bits per heavy atom. The molecule has 1 aromatic carbocycles. The molecule has 1 fully saturated rings. The van der Waals surface area contributed by atoms with E-state index in [4.69, 9.17) is 11.6 Å². The first-order valence-electron chi connectivity index (χ1n) is 9.36. The fourth-order valence-electron chi connectivity index (χ4n) is 2.79. The normalized spacial score (nSPS) is 16.2. The van der Waals surface area contributed by atoms with Gasteiger partial charge in [-0.1, -0.05) is 42.3 Å². The lowest BCUT2D eigenvalue weighted by atomic mass is 10.1. The predicted octanol–water partition coefficient (Wildman–Crippen LogP) is 3.46. The van der Waals surface area contributed by atoms with Crippen LogP contribution >= 0.6 is 23.4 Å². The summed E-state index contributed by atoms with van der Waals surface area (Å²) in [6.07, 6.45) is 4.04. The number of rotatable bonds is 10. The number of halogens is 2. The minimum atomic E-state index is -3.60. The first-order chi connectivity index (χ1) is 14.1. The molecule has 1 heterocycles. The number of thioether (sulfide) groups is 1. The molecular formula is C18H23ClFN5O3S2. The molecule has 164 valence electrons. The van der Waals surface area contributed by atoms with Crippen LogP contribution in [0.5, 0.6) is 0 Å². The Morgan fingerprint density at radius 2 is 2.00 bits per heavy atom. The van der Waals surface area contributed by atoms with E-state index in [0.29, 0.717) is 11.5 Å². The molecule has 2 aromatic rings. The molecule has 0 amide bonds. The summed E-state index contributed by atoms with van der Waals surface area (Å²) < 4.78 is 39.3. The lowest BCUT2D eigenvalue weighted by Gasteiger charge is -2.17. The molecular weight excluding hydrogens is 453 g/mol. The van der Waals surface area contributed by atoms with E-state index >= 15 is 0 Å². The van der Waals surface area contributed by atoms with Crippen LogP contribution in [0.15, 0.2) is 23.4 Å². The van der Waals surface area contributed by atoms with Gasteiger partial charge in [0, 0.05) is 5.25 Å². The summed E-state index contributed by atoms with van der Waals surface area (Å²) in [5.41, 5.74) is 0.677. The average Bonchev–Trinajstić information content (AvgIpc) is 3.45. The van der Waals surface area contributed by atoms with E-state index in [1.54, 1.807) is 6.07 Å². The molecule has 12 heteroatoms. The van der Waals surface area contributed by atoms with Crippen LogP contribution in [0.25, 0.3) is 0 Å². The van der Waals surface area contributed by atoms with Crippen LogP contribution in [-0.2, 0) is 10.0 Å². The summed E-state index contributed by atoms with van der Waals surface area (Å²) in [6.45, 7) is 1.75. The number of anilines is 2. The monoisotopic (exact) mass is 475 g/mol. The fraction of sp³-hybridized carbons (Fsp3) is 0.500. The van der Waals surface area contributed by atoms with Crippen molar-refractivity contribution in [2.24, 2.45) is 5.92 Å². The zero-order valence-corrected chi connectivity index (χ0v) is 18.9. The smallest absolute Gasteiger partial charge is 0.242 e. The van der Waals surface area contributed by atoms with Gasteiger partial charge in [-0.05, 0) is 37.0 Å². The molecule has 30 heavy (non-hydrogen) atoms. The molecule has 1 aliphatic carbocycles. The minimum absolute atomic E-state index is 0.0351. The highest BCUT2D eigenvalue weighted by Gasteiger charge is 2.26. The number of nitrogens with one attached hydrogen (secondary N) is 2. The van der Waals surface area contributed by atoms with Gasteiger partial charge in [0.15, 0.2) is 5.16 Å². The molecule has 8 nitrogen and oxygen atoms in total. The zero-order valence-electron chi connectivity index (χ0n) is 16.5. The lowest BCUT2D eigenvalue weighted by Crippen LogP contribution is -2.26. The van der Waals surface area contributed by atoms with Crippen LogP contribution in [0.4, 0.5) is 16.3 Å². The Hall–Kier alpha value is -1.69. The van der Waals surface area contributed by atoms with Gasteiger partial charge in [-0.2, -0.15) is 15.0 Å². The SMILES string of the molecule is C[C@@H](Sc1nc(N[C@@H](CO)CC2CC2)nc(NS(C)(=O)=O)n1)c1ccc(Cl)c(F)c1. The molecule has 0 radical (unpaired) electrons. The molecule has 0 saturated heterocycles. The highest BCUT2D eigenvalue weighted by molar-refractivity contribution is 7.99. The molecule has 1 aromatic heterocycles. The Balaban J connectivity index is 1.83. The second kappa shape index (κ2) is 9.63. The number of hydrogen-bond donors (Lipinski definition) is 3. The summed E-state index contributed by atoms with van der Waals surface area (Å²) in [4.78, 5) is 12.6. The molecule has 3 rings (SSSR count). The van der Waals surface area contributed by atoms with Crippen molar-refractivity contribution >= 4 is 45.3 Å². The third-order valence-electron chi connectivity index (χ3n) is 4.46. The van der Waals surface area contributed by atoms with Crippen LogP contribution in [0, 0.1) is 11.7 Å². The summed E-state index contributed by atoms with van der Waals surface area (Å²) in [5.74, 6) is 0.0756. The van der Waals surface area contributed by atoms with Crippen LogP contribution in [-0.4, -0.2) is 47.4 Å². The van der Waals surface area contributed by atoms with Gasteiger partial charge in [0.05, 0.1) is 23.9 Å². The molecule has 3 N–H and O–H groups in total. The van der Waals surface area contributed by atoms with E-state index in [-0.39, 0.29) is 40.0 Å². The number of sulfonamides is 1. The van der Waals surface area contributed by atoms with Crippen molar-refractivity contribution in [3.8, 4) is 0 Å². The van der Waals surface area contributed by atoms with Crippen LogP contribution in [0.3, 0.4) is 0 Å². The largest absolute Gasteiger partial charge is 0.394 e. The van der Waals surface area contributed by atoms with Crippen molar-refractivity contribution in [1.82, 2.24) is 15.0 Å². The topological polar surface area (TPSA) is 117 Å². The van der Waals surface area contributed by atoms with E-state index in [1.807, 2.05) is 6.92 Å². The number of aliphatic hydroxyl groups excluding tert-OH is 1. The van der Waals surface area contributed by atoms with Gasteiger partial charge in [-0.3, -0.25) is 4.72 Å². The van der Waals surface area contributed by atoms with Gasteiger partial charge < -0.3 is 10.4 Å². The predicted molar refractivity (Wildman–Crippen MR) is 116 cm³/mol. The minimum Gasteiger partial charge on any atom is -0.394 e. The zero-order chi connectivity index (χ0) is 21.9. The molecule has 1 aliphatic rings. The van der Waals surface area contributed by atoms with Crippen LogP contribution in [0.2, 0.25) is 5.02 Å². The molecule has 1 saturated carbocycles. The molecule has 2 atom stereocenters. The Labute approximate surface area is 184 Å². The Kier molecular flexibility index (Phi) is 7.38. The van der Waals surface area contributed by atoms with Crippen molar-refractivity contribution in [2.45, 2.75) is 42.6 Å². The maximum absolute atomic E-state index is 13.8. The van der Waals surface area contributed by atoms with Gasteiger partial charge in [-0.15, -0.1) is 0 Å². The van der Waals surface area contributed by atoms with Crippen molar-refractivity contribution in [3.05, 3.63) is 34.6 Å². The van der Waals surface area contributed by atoms with Gasteiger partial charge in [0.2, 0.25) is 21.9 Å². The quantitative estimate of drug-likeness (QED) is 0.447. The van der Waals surface area contributed by atoms with Gasteiger partial charge in [-0.25, -0.2) is 12.8 Å².